The average Bonchev–Trinajstić information content (AvgIpc) is 3.17. The summed E-state index contributed by atoms with van der Waals surface area (Å²) in [5.74, 6) is 1.71. The van der Waals surface area contributed by atoms with Crippen LogP contribution in [0.15, 0.2) is 11.3 Å². The van der Waals surface area contributed by atoms with Gasteiger partial charge in [0.1, 0.15) is 18.7 Å². The van der Waals surface area contributed by atoms with E-state index in [1.54, 1.807) is 11.0 Å². The van der Waals surface area contributed by atoms with E-state index >= 15 is 0 Å². The molecule has 1 aliphatic heterocycles. The van der Waals surface area contributed by atoms with Crippen molar-refractivity contribution in [2.75, 3.05) is 26.2 Å². The molecule has 0 amide bonds. The van der Waals surface area contributed by atoms with Gasteiger partial charge >= 0.3 is 0 Å². The number of aliphatic imine (C=N–C) groups is 1. The van der Waals surface area contributed by atoms with E-state index in [1.807, 2.05) is 7.05 Å². The van der Waals surface area contributed by atoms with E-state index < -0.39 is 0 Å². The normalized spacial score (nSPS) is 17.7. The summed E-state index contributed by atoms with van der Waals surface area (Å²) in [5, 5.41) is 10.8. The predicted octanol–water partition coefficient (Wildman–Crippen LogP) is 0.745. The largest absolute Gasteiger partial charge is 0.357 e. The topological polar surface area (TPSA) is 70.4 Å². The molecule has 1 unspecified atom stereocenters. The second-order valence-electron chi connectivity index (χ2n) is 5.68. The number of hydrogen-bond acceptors (Lipinski definition) is 4. The van der Waals surface area contributed by atoms with E-state index in [1.165, 1.54) is 25.9 Å². The molecule has 0 spiro atoms. The van der Waals surface area contributed by atoms with Crippen LogP contribution in [0.1, 0.15) is 38.9 Å². The number of aryl methyl sites for hydroxylation is 1. The van der Waals surface area contributed by atoms with Crippen molar-refractivity contribution in [3.63, 3.8) is 0 Å². The Labute approximate surface area is 133 Å². The first-order valence-electron chi connectivity index (χ1n) is 8.33. The van der Waals surface area contributed by atoms with Crippen molar-refractivity contribution in [1.29, 1.82) is 0 Å². The molecule has 1 saturated heterocycles. The second-order valence-corrected chi connectivity index (χ2v) is 5.68. The molecule has 2 heterocycles. The average molecular weight is 307 g/mol. The number of aromatic nitrogens is 3. The lowest BCUT2D eigenvalue weighted by Gasteiger charge is -2.27. The van der Waals surface area contributed by atoms with Gasteiger partial charge < -0.3 is 10.6 Å². The van der Waals surface area contributed by atoms with Gasteiger partial charge in [-0.3, -0.25) is 9.58 Å². The summed E-state index contributed by atoms with van der Waals surface area (Å²) in [7, 11) is 1.89. The summed E-state index contributed by atoms with van der Waals surface area (Å²) in [6.07, 6.45) is 5.38. The van der Waals surface area contributed by atoms with Crippen molar-refractivity contribution < 1.29 is 0 Å². The first-order chi connectivity index (χ1) is 10.7. The summed E-state index contributed by atoms with van der Waals surface area (Å²) in [6.45, 7) is 9.11. The van der Waals surface area contributed by atoms with Crippen LogP contribution in [0.3, 0.4) is 0 Å². The van der Waals surface area contributed by atoms with E-state index in [9.17, 15) is 0 Å². The Bertz CT molecular complexity index is 462. The fourth-order valence-electron chi connectivity index (χ4n) is 2.81. The summed E-state index contributed by atoms with van der Waals surface area (Å²) in [5.41, 5.74) is 0. The Balaban J connectivity index is 1.88. The molecule has 1 fully saturated rings. The molecule has 0 bridgehead atoms. The van der Waals surface area contributed by atoms with Crippen LogP contribution < -0.4 is 10.6 Å². The molecule has 0 aliphatic carbocycles. The van der Waals surface area contributed by atoms with Gasteiger partial charge in [0.25, 0.3) is 0 Å². The van der Waals surface area contributed by atoms with E-state index in [2.05, 4.69) is 44.5 Å². The Morgan fingerprint density at radius 3 is 2.68 bits per heavy atom. The number of rotatable bonds is 7. The van der Waals surface area contributed by atoms with E-state index in [-0.39, 0.29) is 0 Å². The van der Waals surface area contributed by atoms with Crippen LogP contribution in [-0.4, -0.2) is 57.8 Å². The zero-order chi connectivity index (χ0) is 15.8. The molecule has 1 aromatic heterocycles. The minimum Gasteiger partial charge on any atom is -0.357 e. The Hall–Kier alpha value is -1.63. The lowest BCUT2D eigenvalue weighted by atomic mass is 10.2. The molecule has 2 rings (SSSR count). The molecule has 0 saturated carbocycles. The Morgan fingerprint density at radius 2 is 2.09 bits per heavy atom. The lowest BCUT2D eigenvalue weighted by molar-refractivity contribution is 0.236. The maximum atomic E-state index is 4.60. The standard InChI is InChI=1S/C15H29N7/c1-4-13(22-8-6-7-9-22)10-17-15(16-5-2)18-11-14-19-12-20-21(14)3/h12-13H,4-11H2,1-3H3,(H2,16,17,18). The molecule has 7 heteroatoms. The fourth-order valence-corrected chi connectivity index (χ4v) is 2.81. The minimum absolute atomic E-state index is 0.534. The lowest BCUT2D eigenvalue weighted by Crippen LogP contribution is -2.46. The van der Waals surface area contributed by atoms with Gasteiger partial charge in [-0.15, -0.1) is 0 Å². The van der Waals surface area contributed by atoms with Crippen molar-refractivity contribution in [2.24, 2.45) is 12.0 Å². The van der Waals surface area contributed by atoms with Crippen molar-refractivity contribution in [3.8, 4) is 0 Å². The summed E-state index contributed by atoms with van der Waals surface area (Å²) in [6, 6.07) is 0.584. The van der Waals surface area contributed by atoms with Crippen LogP contribution in [0.25, 0.3) is 0 Å². The first kappa shape index (κ1) is 16.7. The van der Waals surface area contributed by atoms with Gasteiger partial charge in [-0.05, 0) is 39.3 Å². The third-order valence-electron chi connectivity index (χ3n) is 4.16. The number of nitrogens with zero attached hydrogens (tertiary/aromatic N) is 5. The zero-order valence-corrected chi connectivity index (χ0v) is 14.0. The van der Waals surface area contributed by atoms with Gasteiger partial charge in [0.2, 0.25) is 0 Å². The first-order valence-corrected chi connectivity index (χ1v) is 8.33. The SMILES string of the molecule is CCNC(=NCc1ncnn1C)NCC(CC)N1CCCC1. The summed E-state index contributed by atoms with van der Waals surface area (Å²) in [4.78, 5) is 11.4. The van der Waals surface area contributed by atoms with Crippen molar-refractivity contribution in [3.05, 3.63) is 12.2 Å². The zero-order valence-electron chi connectivity index (χ0n) is 14.0. The van der Waals surface area contributed by atoms with Crippen molar-refractivity contribution in [2.45, 2.75) is 45.7 Å². The van der Waals surface area contributed by atoms with Gasteiger partial charge in [-0.2, -0.15) is 5.10 Å². The fraction of sp³-hybridized carbons (Fsp3) is 0.800. The Morgan fingerprint density at radius 1 is 1.32 bits per heavy atom. The number of nitrogens with one attached hydrogen (secondary N) is 2. The van der Waals surface area contributed by atoms with Crippen LogP contribution in [0, 0.1) is 0 Å². The van der Waals surface area contributed by atoms with Crippen LogP contribution in [0.5, 0.6) is 0 Å². The highest BCUT2D eigenvalue weighted by Gasteiger charge is 2.20. The second kappa shape index (κ2) is 8.73. The molecular weight excluding hydrogens is 278 g/mol. The third kappa shape index (κ3) is 4.69. The number of likely N-dealkylation sites (tertiary alicyclic amines) is 1. The van der Waals surface area contributed by atoms with E-state index in [4.69, 9.17) is 0 Å². The van der Waals surface area contributed by atoms with Gasteiger partial charge in [0.05, 0.1) is 0 Å². The van der Waals surface area contributed by atoms with E-state index in [0.29, 0.717) is 12.6 Å². The van der Waals surface area contributed by atoms with Crippen LogP contribution in [0.2, 0.25) is 0 Å². The van der Waals surface area contributed by atoms with Crippen molar-refractivity contribution >= 4 is 5.96 Å². The van der Waals surface area contributed by atoms with E-state index in [0.717, 1.165) is 31.3 Å². The molecule has 22 heavy (non-hydrogen) atoms. The molecule has 7 nitrogen and oxygen atoms in total. The molecule has 124 valence electrons. The quantitative estimate of drug-likeness (QED) is 0.574. The molecule has 1 aromatic rings. The molecule has 2 N–H and O–H groups in total. The van der Waals surface area contributed by atoms with Gasteiger partial charge in [0, 0.05) is 26.2 Å². The van der Waals surface area contributed by atoms with Gasteiger partial charge in [0.15, 0.2) is 5.96 Å². The van der Waals surface area contributed by atoms with Crippen LogP contribution in [-0.2, 0) is 13.6 Å². The predicted molar refractivity (Wildman–Crippen MR) is 88.7 cm³/mol. The molecule has 1 aliphatic rings. The number of hydrogen-bond donors (Lipinski definition) is 2. The Kier molecular flexibility index (Phi) is 6.64. The van der Waals surface area contributed by atoms with Crippen LogP contribution >= 0.6 is 0 Å². The number of guanidine groups is 1. The third-order valence-corrected chi connectivity index (χ3v) is 4.16. The molecule has 0 radical (unpaired) electrons. The van der Waals surface area contributed by atoms with Gasteiger partial charge in [-0.25, -0.2) is 9.98 Å². The smallest absolute Gasteiger partial charge is 0.191 e. The summed E-state index contributed by atoms with van der Waals surface area (Å²) >= 11 is 0. The highest BCUT2D eigenvalue weighted by Crippen LogP contribution is 2.13. The molecule has 0 aromatic carbocycles. The van der Waals surface area contributed by atoms with Crippen LogP contribution in [0.4, 0.5) is 0 Å². The molecule has 1 atom stereocenters. The van der Waals surface area contributed by atoms with Crippen molar-refractivity contribution in [1.82, 2.24) is 30.3 Å². The monoisotopic (exact) mass is 307 g/mol. The maximum Gasteiger partial charge on any atom is 0.191 e. The highest BCUT2D eigenvalue weighted by atomic mass is 15.3. The maximum absolute atomic E-state index is 4.60. The minimum atomic E-state index is 0.534. The highest BCUT2D eigenvalue weighted by molar-refractivity contribution is 5.79. The van der Waals surface area contributed by atoms with Gasteiger partial charge in [-0.1, -0.05) is 6.92 Å². The summed E-state index contributed by atoms with van der Waals surface area (Å²) < 4.78 is 1.76. The molecular formula is C15H29N7.